The number of aryl methyl sites for hydroxylation is 6. The molecule has 0 aromatic heterocycles. The zero-order chi connectivity index (χ0) is 28.9. The number of benzene rings is 2. The summed E-state index contributed by atoms with van der Waals surface area (Å²) in [5.41, 5.74) is 10.3. The van der Waals surface area contributed by atoms with Crippen molar-refractivity contribution in [3.63, 3.8) is 0 Å². The van der Waals surface area contributed by atoms with Crippen molar-refractivity contribution in [2.24, 2.45) is 0 Å². The summed E-state index contributed by atoms with van der Waals surface area (Å²) in [7, 11) is -2.71. The fourth-order valence-corrected chi connectivity index (χ4v) is 6.44. The predicted octanol–water partition coefficient (Wildman–Crippen LogP) is 10.1. The van der Waals surface area contributed by atoms with Crippen LogP contribution in [0.4, 0.5) is 11.4 Å². The first-order chi connectivity index (χ1) is 17.6. The van der Waals surface area contributed by atoms with E-state index in [0.717, 1.165) is 26.4 Å². The monoisotopic (exact) mass is 580 g/mol. The Labute approximate surface area is 259 Å². The van der Waals surface area contributed by atoms with Gasteiger partial charge in [0.2, 0.25) is 0 Å². The van der Waals surface area contributed by atoms with E-state index in [0.29, 0.717) is 0 Å². The molecule has 2 aliphatic rings. The van der Waals surface area contributed by atoms with Crippen LogP contribution >= 0.6 is 0 Å². The van der Waals surface area contributed by atoms with E-state index in [9.17, 15) is 0 Å². The summed E-state index contributed by atoms with van der Waals surface area (Å²) in [6.45, 7) is 30.5. The minimum absolute atomic E-state index is 0. The molecule has 0 amide bonds. The molecule has 0 spiro atoms. The Morgan fingerprint density at radius 3 is 0.872 bits per heavy atom. The smallest absolute Gasteiger partial charge is 0.687 e. The maximum Gasteiger partial charge on any atom is 2.00 e. The van der Waals surface area contributed by atoms with Gasteiger partial charge in [-0.2, -0.15) is 0 Å². The molecule has 216 valence electrons. The van der Waals surface area contributed by atoms with Crippen LogP contribution in [0.5, 0.6) is 0 Å². The van der Waals surface area contributed by atoms with Gasteiger partial charge in [-0.05, 0) is 83.7 Å². The molecule has 0 N–H and O–H groups in total. The van der Waals surface area contributed by atoms with Gasteiger partial charge >= 0.3 is 23.1 Å². The van der Waals surface area contributed by atoms with E-state index in [1.807, 2.05) is 0 Å². The molecule has 2 fully saturated rings. The van der Waals surface area contributed by atoms with Crippen LogP contribution < -0.4 is 0 Å². The molecule has 7 heteroatoms. The molecular formula is C32H56MgN2O2Si2. The Hall–Kier alpha value is -0.840. The van der Waals surface area contributed by atoms with Gasteiger partial charge in [-0.1, -0.05) is 96.9 Å². The van der Waals surface area contributed by atoms with Crippen LogP contribution in [0.15, 0.2) is 24.3 Å². The third kappa shape index (κ3) is 17.6. The van der Waals surface area contributed by atoms with Gasteiger partial charge in [0, 0.05) is 26.4 Å². The number of hydrogen-bond acceptors (Lipinski definition) is 2. The maximum atomic E-state index is 4.94. The first kappa shape index (κ1) is 38.2. The van der Waals surface area contributed by atoms with Gasteiger partial charge in [0.15, 0.2) is 0 Å². The Morgan fingerprint density at radius 2 is 0.718 bits per heavy atom. The van der Waals surface area contributed by atoms with Gasteiger partial charge in [0.05, 0.1) is 0 Å². The Morgan fingerprint density at radius 1 is 0.487 bits per heavy atom. The zero-order valence-electron chi connectivity index (χ0n) is 27.4. The second-order valence-electron chi connectivity index (χ2n) is 12.7. The van der Waals surface area contributed by atoms with Crippen LogP contribution in [0.25, 0.3) is 9.96 Å². The van der Waals surface area contributed by atoms with Gasteiger partial charge < -0.3 is 19.4 Å². The van der Waals surface area contributed by atoms with Gasteiger partial charge in [-0.15, -0.1) is 11.4 Å². The van der Waals surface area contributed by atoms with Crippen molar-refractivity contribution >= 4 is 50.9 Å². The molecule has 2 heterocycles. The summed E-state index contributed by atoms with van der Waals surface area (Å²) >= 11 is 0. The van der Waals surface area contributed by atoms with Crippen LogP contribution in [-0.2, 0) is 9.47 Å². The van der Waals surface area contributed by atoms with Crippen molar-refractivity contribution in [3.05, 3.63) is 67.6 Å². The van der Waals surface area contributed by atoms with Crippen molar-refractivity contribution in [2.75, 3.05) is 26.4 Å². The number of rotatable bonds is 4. The fourth-order valence-electron chi connectivity index (χ4n) is 4.39. The second kappa shape index (κ2) is 18.6. The molecule has 4 rings (SSSR count). The van der Waals surface area contributed by atoms with Crippen molar-refractivity contribution in [2.45, 2.75) is 107 Å². The zero-order valence-corrected chi connectivity index (χ0v) is 30.8. The van der Waals surface area contributed by atoms with Crippen LogP contribution in [0, 0.1) is 41.5 Å². The third-order valence-corrected chi connectivity index (χ3v) is 7.61. The summed E-state index contributed by atoms with van der Waals surface area (Å²) in [6, 6.07) is 8.86. The molecule has 2 aliphatic heterocycles. The summed E-state index contributed by atoms with van der Waals surface area (Å²) in [5.74, 6) is 0. The Balaban J connectivity index is 0.000000537. The summed E-state index contributed by atoms with van der Waals surface area (Å²) < 4.78 is 9.89. The van der Waals surface area contributed by atoms with E-state index in [-0.39, 0.29) is 23.1 Å². The number of nitrogens with zero attached hydrogens (tertiary/aromatic N) is 2. The molecule has 2 aromatic rings. The minimum Gasteiger partial charge on any atom is -0.687 e. The van der Waals surface area contributed by atoms with Crippen molar-refractivity contribution < 1.29 is 9.47 Å². The SMILES string of the molecule is C1CCOC1.C1CCOC1.Cc1cc(C)c([N-][Si](C)(C)C)c(C)c1.Cc1cc(C)c([N-][Si](C)(C)C)c(C)c1.[Mg+2]. The minimum atomic E-state index is -1.35. The average molecular weight is 581 g/mol. The molecule has 0 atom stereocenters. The number of hydrogen-bond donors (Lipinski definition) is 0. The van der Waals surface area contributed by atoms with E-state index in [4.69, 9.17) is 19.4 Å². The van der Waals surface area contributed by atoms with E-state index in [1.165, 1.54) is 70.4 Å². The summed E-state index contributed by atoms with van der Waals surface area (Å²) in [4.78, 5) is 9.74. The number of ether oxygens (including phenoxy) is 2. The third-order valence-electron chi connectivity index (χ3n) is 5.82. The van der Waals surface area contributed by atoms with E-state index < -0.39 is 16.5 Å². The maximum absolute atomic E-state index is 4.94. The van der Waals surface area contributed by atoms with Crippen molar-refractivity contribution in [1.82, 2.24) is 0 Å². The Kier molecular flexibility index (Phi) is 18.2. The Bertz CT molecular complexity index is 836. The first-order valence-corrected chi connectivity index (χ1v) is 21.3. The first-order valence-electron chi connectivity index (χ1n) is 14.4. The molecule has 39 heavy (non-hydrogen) atoms. The van der Waals surface area contributed by atoms with E-state index in [1.54, 1.807) is 0 Å². The normalized spacial score (nSPS) is 14.5. The molecule has 0 radical (unpaired) electrons. The quantitative estimate of drug-likeness (QED) is 0.338. The molecule has 4 nitrogen and oxygen atoms in total. The van der Waals surface area contributed by atoms with Crippen LogP contribution in [0.2, 0.25) is 39.3 Å². The molecule has 0 aliphatic carbocycles. The van der Waals surface area contributed by atoms with Gasteiger partial charge in [-0.25, -0.2) is 0 Å². The predicted molar refractivity (Wildman–Crippen MR) is 180 cm³/mol. The van der Waals surface area contributed by atoms with E-state index in [2.05, 4.69) is 105 Å². The standard InChI is InChI=1S/2C12H20NSi.2C4H8O.Mg/c2*1-9-7-10(2)12(11(3)8-9)13-14(4,5)6;2*1-2-4-5-3-1;/h2*7-8H,1-6H3;2*1-4H2;/q2*-1;;;+2. The molecule has 2 saturated heterocycles. The van der Waals surface area contributed by atoms with Gasteiger partial charge in [-0.3, -0.25) is 0 Å². The molecule has 0 saturated carbocycles. The topological polar surface area (TPSA) is 46.7 Å². The second-order valence-corrected chi connectivity index (χ2v) is 21.8. The van der Waals surface area contributed by atoms with Crippen LogP contribution in [-0.4, -0.2) is 66.0 Å². The van der Waals surface area contributed by atoms with E-state index >= 15 is 0 Å². The van der Waals surface area contributed by atoms with Gasteiger partial charge in [0.25, 0.3) is 0 Å². The molecule has 0 unspecified atom stereocenters. The largest absolute Gasteiger partial charge is 2.00 e. The molecule has 0 bridgehead atoms. The fraction of sp³-hybridized carbons (Fsp3) is 0.625. The van der Waals surface area contributed by atoms with Crippen molar-refractivity contribution in [3.8, 4) is 0 Å². The average Bonchev–Trinajstić information content (AvgIpc) is 3.52. The van der Waals surface area contributed by atoms with Crippen LogP contribution in [0.1, 0.15) is 59.1 Å². The summed E-state index contributed by atoms with van der Waals surface area (Å²) in [5, 5.41) is 0. The van der Waals surface area contributed by atoms with Crippen molar-refractivity contribution in [1.29, 1.82) is 0 Å². The summed E-state index contributed by atoms with van der Waals surface area (Å²) in [6.07, 6.45) is 5.11. The van der Waals surface area contributed by atoms with Gasteiger partial charge in [0.1, 0.15) is 0 Å². The molecule has 2 aromatic carbocycles. The molecular weight excluding hydrogens is 525 g/mol. The van der Waals surface area contributed by atoms with Crippen LogP contribution in [0.3, 0.4) is 0 Å².